The molecule has 0 bridgehead atoms. The van der Waals surface area contributed by atoms with Crippen LogP contribution in [0, 0.1) is 0 Å². The maximum absolute atomic E-state index is 11.0. The van der Waals surface area contributed by atoms with Crippen molar-refractivity contribution in [1.29, 1.82) is 0 Å². The molecule has 2 aromatic heterocycles. The van der Waals surface area contributed by atoms with Gasteiger partial charge in [0.15, 0.2) is 5.65 Å². The van der Waals surface area contributed by atoms with Crippen molar-refractivity contribution in [3.63, 3.8) is 0 Å². The van der Waals surface area contributed by atoms with Crippen LogP contribution in [0.25, 0.3) is 11.2 Å². The van der Waals surface area contributed by atoms with Crippen LogP contribution in [0.4, 0.5) is 0 Å². The summed E-state index contributed by atoms with van der Waals surface area (Å²) in [5.74, 6) is 0.907. The largest absolute Gasteiger partial charge is 0.310 e. The van der Waals surface area contributed by atoms with E-state index in [1.807, 2.05) is 10.6 Å². The van der Waals surface area contributed by atoms with Gasteiger partial charge >= 0.3 is 0 Å². The molecule has 6 nitrogen and oxygen atoms in total. The van der Waals surface area contributed by atoms with E-state index in [1.54, 1.807) is 6.20 Å². The summed E-state index contributed by atoms with van der Waals surface area (Å²) in [4.78, 5) is 8.65. The van der Waals surface area contributed by atoms with Gasteiger partial charge in [-0.05, 0) is 22.0 Å². The molecule has 0 amide bonds. The molecule has 0 aliphatic heterocycles. The van der Waals surface area contributed by atoms with Crippen LogP contribution in [-0.4, -0.2) is 35.8 Å². The Morgan fingerprint density at radius 3 is 2.89 bits per heavy atom. The van der Waals surface area contributed by atoms with Gasteiger partial charge in [0.25, 0.3) is 0 Å². The lowest BCUT2D eigenvalue weighted by atomic mass is 10.4. The fourth-order valence-corrected chi connectivity index (χ4v) is 2.70. The van der Waals surface area contributed by atoms with Gasteiger partial charge < -0.3 is 4.57 Å². The maximum atomic E-state index is 11.0. The Morgan fingerprint density at radius 2 is 2.26 bits per heavy atom. The zero-order chi connectivity index (χ0) is 14.0. The molecular formula is C10H12BrClN4O2S. The van der Waals surface area contributed by atoms with Crippen LogP contribution in [0.2, 0.25) is 0 Å². The highest BCUT2D eigenvalue weighted by Gasteiger charge is 2.11. The summed E-state index contributed by atoms with van der Waals surface area (Å²) >= 11 is 9.18. The van der Waals surface area contributed by atoms with Gasteiger partial charge in [-0.25, -0.2) is 23.1 Å². The first-order chi connectivity index (χ1) is 8.90. The van der Waals surface area contributed by atoms with Crippen LogP contribution in [-0.2, 0) is 22.4 Å². The number of alkyl halides is 1. The SMILES string of the molecule is CS(=O)(=O)NCCn1c(CCl)nc2cc(Br)cnc21. The van der Waals surface area contributed by atoms with E-state index in [4.69, 9.17) is 11.6 Å². The first-order valence-corrected chi connectivity index (χ1v) is 8.64. The molecule has 2 rings (SSSR count). The third kappa shape index (κ3) is 3.65. The zero-order valence-corrected chi connectivity index (χ0v) is 13.3. The zero-order valence-electron chi connectivity index (χ0n) is 10.1. The third-order valence-corrected chi connectivity index (χ3v) is 3.85. The summed E-state index contributed by atoms with van der Waals surface area (Å²) < 4.78 is 27.2. The van der Waals surface area contributed by atoms with E-state index >= 15 is 0 Å². The number of hydrogen-bond donors (Lipinski definition) is 1. The van der Waals surface area contributed by atoms with Gasteiger partial charge in [-0.15, -0.1) is 11.6 Å². The van der Waals surface area contributed by atoms with Crippen LogP contribution in [0.1, 0.15) is 5.82 Å². The molecule has 0 spiro atoms. The number of imidazole rings is 1. The molecule has 1 N–H and O–H groups in total. The highest BCUT2D eigenvalue weighted by molar-refractivity contribution is 9.10. The highest BCUT2D eigenvalue weighted by Crippen LogP contribution is 2.19. The first-order valence-electron chi connectivity index (χ1n) is 5.42. The standard InChI is InChI=1S/C10H12BrClN4O2S/c1-19(17,18)14-2-3-16-9(5-12)15-8-4-7(11)6-13-10(8)16/h4,6,14H,2-3,5H2,1H3. The van der Waals surface area contributed by atoms with Crippen molar-refractivity contribution < 1.29 is 8.42 Å². The molecule has 104 valence electrons. The monoisotopic (exact) mass is 366 g/mol. The summed E-state index contributed by atoms with van der Waals surface area (Å²) in [5.41, 5.74) is 1.42. The number of fused-ring (bicyclic) bond motifs is 1. The molecule has 0 atom stereocenters. The number of halogens is 2. The predicted molar refractivity (Wildman–Crippen MR) is 77.6 cm³/mol. The van der Waals surface area contributed by atoms with Crippen molar-refractivity contribution in [2.45, 2.75) is 12.4 Å². The van der Waals surface area contributed by atoms with Crippen molar-refractivity contribution in [2.24, 2.45) is 0 Å². The Bertz CT molecular complexity index is 701. The number of rotatable bonds is 5. The van der Waals surface area contributed by atoms with E-state index in [0.717, 1.165) is 16.2 Å². The minimum absolute atomic E-state index is 0.243. The van der Waals surface area contributed by atoms with Crippen molar-refractivity contribution in [3.05, 3.63) is 22.6 Å². The van der Waals surface area contributed by atoms with Gasteiger partial charge in [-0.1, -0.05) is 0 Å². The van der Waals surface area contributed by atoms with Crippen LogP contribution >= 0.6 is 27.5 Å². The Kier molecular flexibility index (Phi) is 4.44. The molecule has 2 aromatic rings. The van der Waals surface area contributed by atoms with Gasteiger partial charge in [-0.2, -0.15) is 0 Å². The highest BCUT2D eigenvalue weighted by atomic mass is 79.9. The normalized spacial score (nSPS) is 12.2. The van der Waals surface area contributed by atoms with Gasteiger partial charge in [0.2, 0.25) is 10.0 Å². The second-order valence-electron chi connectivity index (χ2n) is 3.98. The average molecular weight is 368 g/mol. The number of pyridine rings is 1. The first kappa shape index (κ1) is 14.7. The van der Waals surface area contributed by atoms with Crippen LogP contribution in [0.3, 0.4) is 0 Å². The molecule has 0 aliphatic rings. The smallest absolute Gasteiger partial charge is 0.208 e. The molecule has 19 heavy (non-hydrogen) atoms. The lowest BCUT2D eigenvalue weighted by Crippen LogP contribution is -2.26. The number of aromatic nitrogens is 3. The molecule has 0 fully saturated rings. The summed E-state index contributed by atoms with van der Waals surface area (Å²) in [6, 6.07) is 1.85. The van der Waals surface area contributed by atoms with E-state index in [9.17, 15) is 8.42 Å². The van der Waals surface area contributed by atoms with E-state index in [0.29, 0.717) is 18.0 Å². The van der Waals surface area contributed by atoms with Crippen LogP contribution in [0.5, 0.6) is 0 Å². The second-order valence-corrected chi connectivity index (χ2v) is 6.99. The lowest BCUT2D eigenvalue weighted by Gasteiger charge is -2.07. The predicted octanol–water partition coefficient (Wildman–Crippen LogP) is 1.48. The molecule has 2 heterocycles. The van der Waals surface area contributed by atoms with Crippen molar-refractivity contribution in [3.8, 4) is 0 Å². The summed E-state index contributed by atoms with van der Waals surface area (Å²) in [7, 11) is -3.20. The number of nitrogens with zero attached hydrogens (tertiary/aromatic N) is 3. The van der Waals surface area contributed by atoms with Crippen molar-refractivity contribution >= 4 is 48.7 Å². The molecule has 9 heteroatoms. The molecular weight excluding hydrogens is 356 g/mol. The fraction of sp³-hybridized carbons (Fsp3) is 0.400. The number of hydrogen-bond acceptors (Lipinski definition) is 4. The van der Waals surface area contributed by atoms with Crippen LogP contribution < -0.4 is 4.72 Å². The van der Waals surface area contributed by atoms with Crippen LogP contribution in [0.15, 0.2) is 16.7 Å². The average Bonchev–Trinajstić information content (AvgIpc) is 2.65. The van der Waals surface area contributed by atoms with Gasteiger partial charge in [0, 0.05) is 23.8 Å². The Morgan fingerprint density at radius 1 is 1.53 bits per heavy atom. The maximum Gasteiger partial charge on any atom is 0.208 e. The minimum atomic E-state index is -3.20. The molecule has 0 aliphatic carbocycles. The lowest BCUT2D eigenvalue weighted by molar-refractivity contribution is 0.578. The van der Waals surface area contributed by atoms with Crippen molar-refractivity contribution in [1.82, 2.24) is 19.3 Å². The van der Waals surface area contributed by atoms with Gasteiger partial charge in [0.1, 0.15) is 11.3 Å². The summed E-state index contributed by atoms with van der Waals surface area (Å²) in [6.07, 6.45) is 2.79. The van der Waals surface area contributed by atoms with E-state index in [2.05, 4.69) is 30.6 Å². The number of sulfonamides is 1. The Labute approximate surface area is 124 Å². The molecule has 0 saturated carbocycles. The van der Waals surface area contributed by atoms with E-state index in [1.165, 1.54) is 0 Å². The summed E-state index contributed by atoms with van der Waals surface area (Å²) in [6.45, 7) is 0.701. The Hall–Kier alpha value is -0.700. The van der Waals surface area contributed by atoms with Gasteiger partial charge in [0.05, 0.1) is 12.1 Å². The minimum Gasteiger partial charge on any atom is -0.310 e. The van der Waals surface area contributed by atoms with Crippen molar-refractivity contribution in [2.75, 3.05) is 12.8 Å². The fourth-order valence-electron chi connectivity index (χ4n) is 1.71. The molecule has 0 unspecified atom stereocenters. The molecule has 0 radical (unpaired) electrons. The van der Waals surface area contributed by atoms with E-state index < -0.39 is 10.0 Å². The quantitative estimate of drug-likeness (QED) is 0.812. The van der Waals surface area contributed by atoms with E-state index in [-0.39, 0.29) is 12.4 Å². The van der Waals surface area contributed by atoms with Gasteiger partial charge in [-0.3, -0.25) is 0 Å². The summed E-state index contributed by atoms with van der Waals surface area (Å²) in [5, 5.41) is 0. The topological polar surface area (TPSA) is 76.9 Å². The molecule has 0 saturated heterocycles. The molecule has 0 aromatic carbocycles. The third-order valence-electron chi connectivity index (χ3n) is 2.45. The Balaban J connectivity index is 2.30. The second kappa shape index (κ2) is 5.74. The number of nitrogens with one attached hydrogen (secondary N) is 1.